The Balaban J connectivity index is 2.13. The lowest BCUT2D eigenvalue weighted by Crippen LogP contribution is -2.50. The molecule has 2 rings (SSSR count). The highest BCUT2D eigenvalue weighted by Crippen LogP contribution is 2.17. The van der Waals surface area contributed by atoms with Crippen molar-refractivity contribution in [3.05, 3.63) is 58.5 Å². The molecule has 2 N–H and O–H groups in total. The number of likely N-dealkylation sites (N-methyl/N-ethyl adjacent to an activating group) is 1. The number of furan rings is 1. The van der Waals surface area contributed by atoms with Crippen LogP contribution < -0.4 is 5.32 Å². The molecule has 0 aliphatic rings. The molecule has 150 valence electrons. The summed E-state index contributed by atoms with van der Waals surface area (Å²) in [5, 5.41) is 11.9. The number of carbonyl (C=O) groups excluding carboxylic acids is 2. The van der Waals surface area contributed by atoms with E-state index in [2.05, 4.69) is 5.32 Å². The summed E-state index contributed by atoms with van der Waals surface area (Å²) in [6, 6.07) is 7.88. The lowest BCUT2D eigenvalue weighted by molar-refractivity contribution is -0.133. The van der Waals surface area contributed by atoms with Crippen molar-refractivity contribution in [3.63, 3.8) is 0 Å². The van der Waals surface area contributed by atoms with Crippen molar-refractivity contribution in [2.24, 2.45) is 5.92 Å². The number of aromatic carboxylic acids is 1. The van der Waals surface area contributed by atoms with Crippen molar-refractivity contribution in [1.29, 1.82) is 0 Å². The van der Waals surface area contributed by atoms with E-state index in [1.807, 2.05) is 32.9 Å². The van der Waals surface area contributed by atoms with E-state index >= 15 is 0 Å². The molecule has 0 spiro atoms. The third-order valence-corrected chi connectivity index (χ3v) is 4.58. The standard InChI is InChI=1S/C21H26N2O5/c1-12(2)18(22-19(24)16-9-7-6-8-13(16)3)20(25)23(5)11-15-10-17(21(26)27)14(4)28-15/h6-10,12,18H,11H2,1-5H3,(H,22,24)(H,26,27). The second kappa shape index (κ2) is 8.73. The Morgan fingerprint density at radius 3 is 2.32 bits per heavy atom. The van der Waals surface area contributed by atoms with Crippen molar-refractivity contribution in [3.8, 4) is 0 Å². The van der Waals surface area contributed by atoms with Crippen LogP contribution >= 0.6 is 0 Å². The van der Waals surface area contributed by atoms with Crippen molar-refractivity contribution < 1.29 is 23.9 Å². The lowest BCUT2D eigenvalue weighted by atomic mass is 10.0. The van der Waals surface area contributed by atoms with E-state index in [1.165, 1.54) is 11.0 Å². The van der Waals surface area contributed by atoms with Gasteiger partial charge in [-0.3, -0.25) is 9.59 Å². The Hall–Kier alpha value is -3.09. The highest BCUT2D eigenvalue weighted by molar-refractivity contribution is 5.98. The van der Waals surface area contributed by atoms with Gasteiger partial charge in [0.05, 0.1) is 6.54 Å². The van der Waals surface area contributed by atoms with Gasteiger partial charge in [-0.2, -0.15) is 0 Å². The number of rotatable bonds is 7. The predicted octanol–water partition coefficient (Wildman–Crippen LogP) is 3.01. The first-order valence-corrected chi connectivity index (χ1v) is 9.05. The third kappa shape index (κ3) is 4.79. The van der Waals surface area contributed by atoms with Crippen LogP contribution in [0.4, 0.5) is 0 Å². The summed E-state index contributed by atoms with van der Waals surface area (Å²) in [6.07, 6.45) is 0. The molecule has 0 aliphatic heterocycles. The van der Waals surface area contributed by atoms with Crippen molar-refractivity contribution in [2.75, 3.05) is 7.05 Å². The first-order valence-electron chi connectivity index (χ1n) is 9.05. The van der Waals surface area contributed by atoms with Gasteiger partial charge in [-0.1, -0.05) is 32.0 Å². The molecule has 0 saturated carbocycles. The Bertz CT molecular complexity index is 885. The summed E-state index contributed by atoms with van der Waals surface area (Å²) in [6.45, 7) is 7.22. The van der Waals surface area contributed by atoms with Crippen LogP contribution in [0.1, 0.15) is 51.6 Å². The largest absolute Gasteiger partial charge is 0.478 e. The fourth-order valence-corrected chi connectivity index (χ4v) is 2.94. The van der Waals surface area contributed by atoms with Gasteiger partial charge in [-0.15, -0.1) is 0 Å². The van der Waals surface area contributed by atoms with E-state index in [1.54, 1.807) is 26.1 Å². The fraction of sp³-hybridized carbons (Fsp3) is 0.381. The molecule has 1 aromatic heterocycles. The average Bonchev–Trinajstić information content (AvgIpc) is 2.99. The number of nitrogens with one attached hydrogen (secondary N) is 1. The second-order valence-corrected chi connectivity index (χ2v) is 7.19. The molecule has 0 aliphatic carbocycles. The number of hydrogen-bond acceptors (Lipinski definition) is 4. The molecule has 0 fully saturated rings. The van der Waals surface area contributed by atoms with E-state index in [4.69, 9.17) is 9.52 Å². The molecular weight excluding hydrogens is 360 g/mol. The Morgan fingerprint density at radius 2 is 1.79 bits per heavy atom. The molecule has 2 aromatic rings. The molecule has 1 atom stereocenters. The summed E-state index contributed by atoms with van der Waals surface area (Å²) < 4.78 is 5.44. The zero-order chi connectivity index (χ0) is 21.0. The summed E-state index contributed by atoms with van der Waals surface area (Å²) in [4.78, 5) is 38.1. The quantitative estimate of drug-likeness (QED) is 0.762. The van der Waals surface area contributed by atoms with Gasteiger partial charge in [0.15, 0.2) is 0 Å². The summed E-state index contributed by atoms with van der Waals surface area (Å²) in [5.41, 5.74) is 1.43. The molecule has 7 nitrogen and oxygen atoms in total. The highest BCUT2D eigenvalue weighted by atomic mass is 16.4. The zero-order valence-electron chi connectivity index (χ0n) is 16.8. The van der Waals surface area contributed by atoms with E-state index in [9.17, 15) is 14.4 Å². The Morgan fingerprint density at radius 1 is 1.14 bits per heavy atom. The van der Waals surface area contributed by atoms with Crippen LogP contribution in [0.2, 0.25) is 0 Å². The maximum Gasteiger partial charge on any atom is 0.339 e. The van der Waals surface area contributed by atoms with Gasteiger partial charge in [0.2, 0.25) is 5.91 Å². The number of amides is 2. The normalized spacial score (nSPS) is 11.9. The molecule has 0 radical (unpaired) electrons. The molecule has 7 heteroatoms. The number of aryl methyl sites for hydroxylation is 2. The lowest BCUT2D eigenvalue weighted by Gasteiger charge is -2.27. The number of hydrogen-bond donors (Lipinski definition) is 2. The van der Waals surface area contributed by atoms with Gasteiger partial charge in [-0.05, 0) is 37.5 Å². The van der Waals surface area contributed by atoms with Crippen LogP contribution in [0.5, 0.6) is 0 Å². The molecule has 0 bridgehead atoms. The van der Waals surface area contributed by atoms with Crippen molar-refractivity contribution in [2.45, 2.75) is 40.3 Å². The second-order valence-electron chi connectivity index (χ2n) is 7.19. The SMILES string of the molecule is Cc1ccccc1C(=O)NC(C(=O)N(C)Cc1cc(C(=O)O)c(C)o1)C(C)C. The molecule has 28 heavy (non-hydrogen) atoms. The smallest absolute Gasteiger partial charge is 0.339 e. The van der Waals surface area contributed by atoms with Crippen molar-refractivity contribution in [1.82, 2.24) is 10.2 Å². The molecular formula is C21H26N2O5. The van der Waals surface area contributed by atoms with Gasteiger partial charge in [-0.25, -0.2) is 4.79 Å². The number of carboxylic acid groups (broad SMARTS) is 1. The van der Waals surface area contributed by atoms with Gasteiger partial charge in [0, 0.05) is 12.6 Å². The van der Waals surface area contributed by atoms with Crippen LogP contribution in [-0.2, 0) is 11.3 Å². The van der Waals surface area contributed by atoms with Crippen LogP contribution in [0.25, 0.3) is 0 Å². The fourth-order valence-electron chi connectivity index (χ4n) is 2.94. The number of benzene rings is 1. The minimum absolute atomic E-state index is 0.0733. The highest BCUT2D eigenvalue weighted by Gasteiger charge is 2.28. The number of carbonyl (C=O) groups is 3. The van der Waals surface area contributed by atoms with E-state index in [-0.39, 0.29) is 35.6 Å². The van der Waals surface area contributed by atoms with E-state index in [0.29, 0.717) is 11.3 Å². The molecule has 1 unspecified atom stereocenters. The van der Waals surface area contributed by atoms with Crippen LogP contribution in [0.3, 0.4) is 0 Å². The molecule has 1 aromatic carbocycles. The Labute approximate surface area is 164 Å². The summed E-state index contributed by atoms with van der Waals surface area (Å²) in [7, 11) is 1.59. The van der Waals surface area contributed by atoms with Crippen molar-refractivity contribution >= 4 is 17.8 Å². The van der Waals surface area contributed by atoms with Gasteiger partial charge < -0.3 is 19.7 Å². The first-order chi connectivity index (χ1) is 13.1. The molecule has 2 amide bonds. The first kappa shape index (κ1) is 21.2. The van der Waals surface area contributed by atoms with E-state index < -0.39 is 12.0 Å². The minimum atomic E-state index is -1.08. The number of nitrogens with zero attached hydrogens (tertiary/aromatic N) is 1. The Kier molecular flexibility index (Phi) is 6.62. The minimum Gasteiger partial charge on any atom is -0.478 e. The molecule has 0 saturated heterocycles. The monoisotopic (exact) mass is 386 g/mol. The van der Waals surface area contributed by atoms with Crippen LogP contribution in [0, 0.1) is 19.8 Å². The van der Waals surface area contributed by atoms with E-state index in [0.717, 1.165) is 5.56 Å². The maximum atomic E-state index is 12.9. The summed E-state index contributed by atoms with van der Waals surface area (Å²) >= 11 is 0. The maximum absolute atomic E-state index is 12.9. The van der Waals surface area contributed by atoms with Crippen LogP contribution in [-0.4, -0.2) is 40.9 Å². The van der Waals surface area contributed by atoms with Gasteiger partial charge in [0.1, 0.15) is 23.1 Å². The number of carboxylic acids is 1. The predicted molar refractivity (Wildman–Crippen MR) is 104 cm³/mol. The van der Waals surface area contributed by atoms with Gasteiger partial charge in [0.25, 0.3) is 5.91 Å². The molecule has 1 heterocycles. The topological polar surface area (TPSA) is 99.9 Å². The third-order valence-electron chi connectivity index (χ3n) is 4.58. The zero-order valence-corrected chi connectivity index (χ0v) is 16.8. The van der Waals surface area contributed by atoms with Gasteiger partial charge >= 0.3 is 5.97 Å². The average molecular weight is 386 g/mol. The summed E-state index contributed by atoms with van der Waals surface area (Å²) in [5.74, 6) is -1.12. The van der Waals surface area contributed by atoms with Crippen LogP contribution in [0.15, 0.2) is 34.7 Å².